The monoisotopic (exact) mass is 414 g/mol. The van der Waals surface area contributed by atoms with Gasteiger partial charge in [-0.05, 0) is 36.8 Å². The van der Waals surface area contributed by atoms with E-state index < -0.39 is 0 Å². The summed E-state index contributed by atoms with van der Waals surface area (Å²) >= 11 is 1.63. The largest absolute Gasteiger partial charge is 0.494 e. The van der Waals surface area contributed by atoms with E-state index in [1.807, 2.05) is 61.5 Å². The molecule has 30 heavy (non-hydrogen) atoms. The van der Waals surface area contributed by atoms with Gasteiger partial charge in [0.25, 0.3) is 5.91 Å². The Labute approximate surface area is 180 Å². The fraction of sp³-hybridized carbons (Fsp3) is 0.120. The minimum Gasteiger partial charge on any atom is -0.494 e. The SMILES string of the molecule is CCOc1ccc(C(=O)NCc2ccc(-c3nc(-c4ccccc4)cs3)cc2)cc1. The van der Waals surface area contributed by atoms with Crippen LogP contribution >= 0.6 is 11.3 Å². The predicted molar refractivity (Wildman–Crippen MR) is 122 cm³/mol. The zero-order valence-corrected chi connectivity index (χ0v) is 17.5. The van der Waals surface area contributed by atoms with Crippen LogP contribution < -0.4 is 10.1 Å². The van der Waals surface area contributed by atoms with E-state index >= 15 is 0 Å². The van der Waals surface area contributed by atoms with Crippen LogP contribution in [0.3, 0.4) is 0 Å². The van der Waals surface area contributed by atoms with Crippen LogP contribution in [0.2, 0.25) is 0 Å². The summed E-state index contributed by atoms with van der Waals surface area (Å²) in [5, 5.41) is 6.02. The Hall–Kier alpha value is -3.44. The quantitative estimate of drug-likeness (QED) is 0.415. The van der Waals surface area contributed by atoms with Crippen LogP contribution in [0.15, 0.2) is 84.2 Å². The van der Waals surface area contributed by atoms with E-state index in [9.17, 15) is 4.79 Å². The van der Waals surface area contributed by atoms with Crippen LogP contribution in [0, 0.1) is 0 Å². The lowest BCUT2D eigenvalue weighted by Crippen LogP contribution is -2.22. The summed E-state index contributed by atoms with van der Waals surface area (Å²) in [5.41, 5.74) is 4.84. The summed E-state index contributed by atoms with van der Waals surface area (Å²) in [6.45, 7) is 3.01. The van der Waals surface area contributed by atoms with Crippen molar-refractivity contribution < 1.29 is 9.53 Å². The first-order chi connectivity index (χ1) is 14.7. The van der Waals surface area contributed by atoms with E-state index in [4.69, 9.17) is 9.72 Å². The van der Waals surface area contributed by atoms with E-state index in [0.717, 1.165) is 33.1 Å². The molecule has 1 aromatic heterocycles. The van der Waals surface area contributed by atoms with Crippen LogP contribution in [-0.4, -0.2) is 17.5 Å². The third-order valence-electron chi connectivity index (χ3n) is 4.66. The molecule has 4 nitrogen and oxygen atoms in total. The van der Waals surface area contributed by atoms with Gasteiger partial charge in [-0.3, -0.25) is 4.79 Å². The summed E-state index contributed by atoms with van der Waals surface area (Å²) in [4.78, 5) is 17.1. The van der Waals surface area contributed by atoms with Gasteiger partial charge in [-0.2, -0.15) is 0 Å². The Morgan fingerprint density at radius 2 is 1.67 bits per heavy atom. The maximum atomic E-state index is 12.4. The van der Waals surface area contributed by atoms with Gasteiger partial charge in [0.1, 0.15) is 10.8 Å². The first-order valence-electron chi connectivity index (χ1n) is 9.84. The molecule has 3 aromatic carbocycles. The molecular formula is C25H22N2O2S. The fourth-order valence-electron chi connectivity index (χ4n) is 3.07. The number of hydrogen-bond acceptors (Lipinski definition) is 4. The normalized spacial score (nSPS) is 10.6. The summed E-state index contributed by atoms with van der Waals surface area (Å²) in [6.07, 6.45) is 0. The molecule has 0 saturated carbocycles. The second kappa shape index (κ2) is 9.37. The number of carbonyl (C=O) groups is 1. The zero-order valence-electron chi connectivity index (χ0n) is 16.7. The number of rotatable bonds is 7. The highest BCUT2D eigenvalue weighted by Crippen LogP contribution is 2.28. The molecule has 0 aliphatic carbocycles. The number of carbonyl (C=O) groups excluding carboxylic acids is 1. The van der Waals surface area contributed by atoms with E-state index in [2.05, 4.69) is 22.8 Å². The molecule has 0 aliphatic heterocycles. The number of hydrogen-bond donors (Lipinski definition) is 1. The molecule has 0 atom stereocenters. The molecule has 150 valence electrons. The minimum absolute atomic E-state index is 0.102. The molecule has 0 radical (unpaired) electrons. The van der Waals surface area contributed by atoms with Crippen molar-refractivity contribution in [2.75, 3.05) is 6.61 Å². The summed E-state index contributed by atoms with van der Waals surface area (Å²) in [7, 11) is 0. The molecule has 0 saturated heterocycles. The molecular weight excluding hydrogens is 392 g/mol. The summed E-state index contributed by atoms with van der Waals surface area (Å²) in [6, 6.07) is 25.5. The fourth-order valence-corrected chi connectivity index (χ4v) is 3.90. The van der Waals surface area contributed by atoms with Crippen molar-refractivity contribution in [2.45, 2.75) is 13.5 Å². The lowest BCUT2D eigenvalue weighted by atomic mass is 10.1. The van der Waals surface area contributed by atoms with Crippen LogP contribution in [0.4, 0.5) is 0 Å². The number of thiazole rings is 1. The molecule has 0 unspecified atom stereocenters. The molecule has 0 bridgehead atoms. The number of nitrogens with zero attached hydrogens (tertiary/aromatic N) is 1. The molecule has 0 spiro atoms. The molecule has 1 amide bonds. The minimum atomic E-state index is -0.102. The highest BCUT2D eigenvalue weighted by Gasteiger charge is 2.08. The Balaban J connectivity index is 1.37. The van der Waals surface area contributed by atoms with Gasteiger partial charge in [-0.25, -0.2) is 4.98 Å². The van der Waals surface area contributed by atoms with Crippen molar-refractivity contribution in [1.82, 2.24) is 10.3 Å². The molecule has 0 fully saturated rings. The lowest BCUT2D eigenvalue weighted by Gasteiger charge is -2.07. The third kappa shape index (κ3) is 4.75. The Morgan fingerprint density at radius 1 is 0.933 bits per heavy atom. The van der Waals surface area contributed by atoms with Crippen molar-refractivity contribution in [1.29, 1.82) is 0 Å². The van der Waals surface area contributed by atoms with Gasteiger partial charge < -0.3 is 10.1 Å². The van der Waals surface area contributed by atoms with Crippen LogP contribution in [0.1, 0.15) is 22.8 Å². The number of aromatic nitrogens is 1. The van der Waals surface area contributed by atoms with Gasteiger partial charge in [0.2, 0.25) is 0 Å². The number of amides is 1. The van der Waals surface area contributed by atoms with E-state index in [0.29, 0.717) is 18.7 Å². The van der Waals surface area contributed by atoms with Gasteiger partial charge in [0, 0.05) is 28.6 Å². The summed E-state index contributed by atoms with van der Waals surface area (Å²) < 4.78 is 5.41. The Kier molecular flexibility index (Phi) is 6.20. The first kappa shape index (κ1) is 19.9. The molecule has 0 aliphatic rings. The van der Waals surface area contributed by atoms with E-state index in [1.54, 1.807) is 23.5 Å². The topological polar surface area (TPSA) is 51.2 Å². The molecule has 4 rings (SSSR count). The second-order valence-corrected chi connectivity index (χ2v) is 7.60. The van der Waals surface area contributed by atoms with Crippen molar-refractivity contribution in [3.05, 3.63) is 95.4 Å². The van der Waals surface area contributed by atoms with Crippen molar-refractivity contribution in [3.63, 3.8) is 0 Å². The Morgan fingerprint density at radius 3 is 2.37 bits per heavy atom. The van der Waals surface area contributed by atoms with Crippen LogP contribution in [0.5, 0.6) is 5.75 Å². The van der Waals surface area contributed by atoms with Crippen LogP contribution in [0.25, 0.3) is 21.8 Å². The van der Waals surface area contributed by atoms with Crippen LogP contribution in [-0.2, 0) is 6.54 Å². The van der Waals surface area contributed by atoms with E-state index in [-0.39, 0.29) is 5.91 Å². The molecule has 1 N–H and O–H groups in total. The average molecular weight is 415 g/mol. The smallest absolute Gasteiger partial charge is 0.251 e. The highest BCUT2D eigenvalue weighted by atomic mass is 32.1. The summed E-state index contributed by atoms with van der Waals surface area (Å²) in [5.74, 6) is 0.664. The van der Waals surface area contributed by atoms with Gasteiger partial charge in [-0.1, -0.05) is 54.6 Å². The predicted octanol–water partition coefficient (Wildman–Crippen LogP) is 5.81. The zero-order chi connectivity index (χ0) is 20.8. The van der Waals surface area contributed by atoms with Gasteiger partial charge in [-0.15, -0.1) is 11.3 Å². The maximum absolute atomic E-state index is 12.4. The van der Waals surface area contributed by atoms with Gasteiger partial charge >= 0.3 is 0 Å². The second-order valence-electron chi connectivity index (χ2n) is 6.74. The number of benzene rings is 3. The molecule has 5 heteroatoms. The van der Waals surface area contributed by atoms with Crippen molar-refractivity contribution in [2.24, 2.45) is 0 Å². The number of ether oxygens (including phenoxy) is 1. The first-order valence-corrected chi connectivity index (χ1v) is 10.7. The van der Waals surface area contributed by atoms with Crippen molar-refractivity contribution >= 4 is 17.2 Å². The van der Waals surface area contributed by atoms with Gasteiger partial charge in [0.15, 0.2) is 0 Å². The molecule has 4 aromatic rings. The Bertz CT molecular complexity index is 1100. The highest BCUT2D eigenvalue weighted by molar-refractivity contribution is 7.13. The van der Waals surface area contributed by atoms with Gasteiger partial charge in [0.05, 0.1) is 12.3 Å². The average Bonchev–Trinajstić information content (AvgIpc) is 3.29. The number of nitrogens with one attached hydrogen (secondary N) is 1. The van der Waals surface area contributed by atoms with Crippen molar-refractivity contribution in [3.8, 4) is 27.6 Å². The van der Waals surface area contributed by atoms with E-state index in [1.165, 1.54) is 0 Å². The maximum Gasteiger partial charge on any atom is 0.251 e. The molecule has 1 heterocycles. The third-order valence-corrected chi connectivity index (χ3v) is 5.55. The lowest BCUT2D eigenvalue weighted by molar-refractivity contribution is 0.0951. The standard InChI is InChI=1S/C25H22N2O2S/c1-2-29-22-14-12-20(13-15-22)24(28)26-16-18-8-10-21(11-9-18)25-27-23(17-30-25)19-6-4-3-5-7-19/h3-15,17H,2,16H2,1H3,(H,26,28).